The third-order valence-corrected chi connectivity index (χ3v) is 3.39. The Morgan fingerprint density at radius 2 is 1.82 bits per heavy atom. The zero-order chi connectivity index (χ0) is 12.3. The molecule has 0 atom stereocenters. The zero-order valence-electron chi connectivity index (χ0n) is 10.4. The standard InChI is InChI=1S/C14H18N2O/c1-14(7-9-16(2)10-8-14)17-13-5-3-12(11-15)4-6-13/h3-6H,7-10H2,1-2H3. The first-order valence-corrected chi connectivity index (χ1v) is 5.99. The molecule has 3 heteroatoms. The predicted octanol–water partition coefficient (Wildman–Crippen LogP) is 2.42. The van der Waals surface area contributed by atoms with Crippen LogP contribution in [-0.4, -0.2) is 30.6 Å². The summed E-state index contributed by atoms with van der Waals surface area (Å²) in [6, 6.07) is 9.46. The lowest BCUT2D eigenvalue weighted by atomic mass is 9.93. The van der Waals surface area contributed by atoms with E-state index in [-0.39, 0.29) is 5.60 Å². The van der Waals surface area contributed by atoms with Gasteiger partial charge in [0, 0.05) is 13.1 Å². The van der Waals surface area contributed by atoms with Gasteiger partial charge in [0.05, 0.1) is 11.6 Å². The van der Waals surface area contributed by atoms with Crippen LogP contribution in [0.5, 0.6) is 5.75 Å². The molecule has 0 spiro atoms. The van der Waals surface area contributed by atoms with Crippen molar-refractivity contribution in [3.05, 3.63) is 29.8 Å². The van der Waals surface area contributed by atoms with Crippen molar-refractivity contribution in [1.82, 2.24) is 4.90 Å². The molecule has 0 unspecified atom stereocenters. The van der Waals surface area contributed by atoms with Gasteiger partial charge in [-0.15, -0.1) is 0 Å². The SMILES string of the molecule is CN1CCC(C)(Oc2ccc(C#N)cc2)CC1. The summed E-state index contributed by atoms with van der Waals surface area (Å²) in [4.78, 5) is 2.32. The first kappa shape index (κ1) is 11.9. The van der Waals surface area contributed by atoms with Crippen molar-refractivity contribution in [2.24, 2.45) is 0 Å². The molecule has 0 aliphatic carbocycles. The fraction of sp³-hybridized carbons (Fsp3) is 0.500. The van der Waals surface area contributed by atoms with E-state index in [9.17, 15) is 0 Å². The maximum absolute atomic E-state index is 8.73. The van der Waals surface area contributed by atoms with E-state index in [0.29, 0.717) is 5.56 Å². The fourth-order valence-corrected chi connectivity index (χ4v) is 2.08. The molecule has 2 rings (SSSR count). The number of ether oxygens (including phenoxy) is 1. The van der Waals surface area contributed by atoms with Crippen LogP contribution in [0.25, 0.3) is 0 Å². The molecule has 1 fully saturated rings. The topological polar surface area (TPSA) is 36.3 Å². The van der Waals surface area contributed by atoms with Crippen molar-refractivity contribution >= 4 is 0 Å². The molecule has 3 nitrogen and oxygen atoms in total. The Morgan fingerprint density at radius 3 is 2.35 bits per heavy atom. The molecule has 1 aromatic carbocycles. The second kappa shape index (κ2) is 4.77. The van der Waals surface area contributed by atoms with E-state index in [2.05, 4.69) is 24.9 Å². The van der Waals surface area contributed by atoms with Gasteiger partial charge in [-0.1, -0.05) is 0 Å². The van der Waals surface area contributed by atoms with Gasteiger partial charge in [0.25, 0.3) is 0 Å². The van der Waals surface area contributed by atoms with Crippen LogP contribution >= 0.6 is 0 Å². The van der Waals surface area contributed by atoms with Crippen molar-refractivity contribution in [2.45, 2.75) is 25.4 Å². The summed E-state index contributed by atoms with van der Waals surface area (Å²) in [5, 5.41) is 8.73. The second-order valence-electron chi connectivity index (χ2n) is 4.99. The van der Waals surface area contributed by atoms with Gasteiger partial charge in [0.2, 0.25) is 0 Å². The molecule has 0 radical (unpaired) electrons. The molecule has 1 saturated heterocycles. The van der Waals surface area contributed by atoms with Crippen molar-refractivity contribution in [3.8, 4) is 11.8 Å². The monoisotopic (exact) mass is 230 g/mol. The first-order chi connectivity index (χ1) is 8.11. The molecular weight excluding hydrogens is 212 g/mol. The summed E-state index contributed by atoms with van der Waals surface area (Å²) >= 11 is 0. The fourth-order valence-electron chi connectivity index (χ4n) is 2.08. The lowest BCUT2D eigenvalue weighted by Gasteiger charge is -2.38. The molecular formula is C14H18N2O. The average molecular weight is 230 g/mol. The molecule has 1 aliphatic rings. The zero-order valence-corrected chi connectivity index (χ0v) is 10.4. The number of hydrogen-bond acceptors (Lipinski definition) is 3. The summed E-state index contributed by atoms with van der Waals surface area (Å²) < 4.78 is 6.05. The summed E-state index contributed by atoms with van der Waals surface area (Å²) in [5.74, 6) is 0.857. The molecule has 0 aromatic heterocycles. The van der Waals surface area contributed by atoms with E-state index in [0.717, 1.165) is 31.7 Å². The number of piperidine rings is 1. The van der Waals surface area contributed by atoms with Crippen LogP contribution in [0, 0.1) is 11.3 Å². The van der Waals surface area contributed by atoms with Gasteiger partial charge in [-0.25, -0.2) is 0 Å². The Hall–Kier alpha value is -1.53. The normalized spacial score (nSPS) is 19.6. The maximum Gasteiger partial charge on any atom is 0.120 e. The van der Waals surface area contributed by atoms with Gasteiger partial charge in [-0.05, 0) is 51.1 Å². The Kier molecular flexibility index (Phi) is 3.35. The second-order valence-corrected chi connectivity index (χ2v) is 4.99. The molecule has 0 amide bonds. The third-order valence-electron chi connectivity index (χ3n) is 3.39. The van der Waals surface area contributed by atoms with Crippen LogP contribution in [0.1, 0.15) is 25.3 Å². The van der Waals surface area contributed by atoms with Crippen LogP contribution in [-0.2, 0) is 0 Å². The van der Waals surface area contributed by atoms with Crippen molar-refractivity contribution in [1.29, 1.82) is 5.26 Å². The highest BCUT2D eigenvalue weighted by Gasteiger charge is 2.30. The quantitative estimate of drug-likeness (QED) is 0.783. The molecule has 0 bridgehead atoms. The molecule has 1 aromatic rings. The predicted molar refractivity (Wildman–Crippen MR) is 66.9 cm³/mol. The van der Waals surface area contributed by atoms with E-state index >= 15 is 0 Å². The maximum atomic E-state index is 8.73. The number of benzene rings is 1. The van der Waals surface area contributed by atoms with Crippen LogP contribution in [0.15, 0.2) is 24.3 Å². The smallest absolute Gasteiger partial charge is 0.120 e. The Bertz CT molecular complexity index is 411. The minimum atomic E-state index is -0.0688. The largest absolute Gasteiger partial charge is 0.487 e. The third kappa shape index (κ3) is 2.98. The highest BCUT2D eigenvalue weighted by molar-refractivity contribution is 5.34. The highest BCUT2D eigenvalue weighted by atomic mass is 16.5. The first-order valence-electron chi connectivity index (χ1n) is 5.99. The Balaban J connectivity index is 2.02. The minimum absolute atomic E-state index is 0.0688. The highest BCUT2D eigenvalue weighted by Crippen LogP contribution is 2.27. The van der Waals surface area contributed by atoms with Crippen molar-refractivity contribution in [3.63, 3.8) is 0 Å². The minimum Gasteiger partial charge on any atom is -0.487 e. The van der Waals surface area contributed by atoms with Crippen LogP contribution in [0.2, 0.25) is 0 Å². The van der Waals surface area contributed by atoms with Gasteiger partial charge in [0.1, 0.15) is 11.4 Å². The molecule has 1 heterocycles. The van der Waals surface area contributed by atoms with Crippen molar-refractivity contribution < 1.29 is 4.74 Å². The van der Waals surface area contributed by atoms with Crippen LogP contribution in [0.4, 0.5) is 0 Å². The number of rotatable bonds is 2. The van der Waals surface area contributed by atoms with Gasteiger partial charge in [-0.2, -0.15) is 5.26 Å². The van der Waals surface area contributed by atoms with Gasteiger partial charge in [-0.3, -0.25) is 0 Å². The lowest BCUT2D eigenvalue weighted by Crippen LogP contribution is -2.44. The van der Waals surface area contributed by atoms with Crippen molar-refractivity contribution in [2.75, 3.05) is 20.1 Å². The average Bonchev–Trinajstić information content (AvgIpc) is 2.34. The molecule has 0 N–H and O–H groups in total. The summed E-state index contributed by atoms with van der Waals surface area (Å²) in [7, 11) is 2.14. The molecule has 0 saturated carbocycles. The van der Waals surface area contributed by atoms with Gasteiger partial charge >= 0.3 is 0 Å². The number of hydrogen-bond donors (Lipinski definition) is 0. The Morgan fingerprint density at radius 1 is 1.24 bits per heavy atom. The van der Waals surface area contributed by atoms with E-state index in [1.54, 1.807) is 12.1 Å². The lowest BCUT2D eigenvalue weighted by molar-refractivity contribution is 0.0241. The molecule has 90 valence electrons. The summed E-state index contributed by atoms with van der Waals surface area (Å²) in [6.45, 7) is 4.32. The van der Waals surface area contributed by atoms with Crippen LogP contribution < -0.4 is 4.74 Å². The molecule has 1 aliphatic heterocycles. The van der Waals surface area contributed by atoms with E-state index in [4.69, 9.17) is 10.00 Å². The Labute approximate surface area is 103 Å². The van der Waals surface area contributed by atoms with E-state index in [1.165, 1.54) is 0 Å². The number of likely N-dealkylation sites (tertiary alicyclic amines) is 1. The number of nitrogens with zero attached hydrogens (tertiary/aromatic N) is 2. The van der Waals surface area contributed by atoms with Crippen LogP contribution in [0.3, 0.4) is 0 Å². The van der Waals surface area contributed by atoms with Gasteiger partial charge in [0.15, 0.2) is 0 Å². The van der Waals surface area contributed by atoms with E-state index < -0.39 is 0 Å². The van der Waals surface area contributed by atoms with E-state index in [1.807, 2.05) is 12.1 Å². The summed E-state index contributed by atoms with van der Waals surface area (Å²) in [6.07, 6.45) is 2.09. The molecule has 17 heavy (non-hydrogen) atoms. The number of nitriles is 1. The van der Waals surface area contributed by atoms with Gasteiger partial charge < -0.3 is 9.64 Å². The summed E-state index contributed by atoms with van der Waals surface area (Å²) in [5.41, 5.74) is 0.603.